The summed E-state index contributed by atoms with van der Waals surface area (Å²) in [5, 5.41) is 0. The molecule has 0 aliphatic rings. The number of carbonyl (C=O) groups excluding carboxylic acids is 3. The molecule has 0 N–H and O–H groups in total. The molecule has 0 aliphatic carbocycles. The molecule has 0 bridgehead atoms. The van der Waals surface area contributed by atoms with Gasteiger partial charge in [-0.1, -0.05) is 184 Å². The van der Waals surface area contributed by atoms with Gasteiger partial charge in [0.2, 0.25) is 0 Å². The molecule has 0 saturated heterocycles. The van der Waals surface area contributed by atoms with Crippen LogP contribution in [0.2, 0.25) is 0 Å². The zero-order valence-corrected chi connectivity index (χ0v) is 37.3. The molecular weight excluding hydrogens is 709 g/mol. The van der Waals surface area contributed by atoms with E-state index in [4.69, 9.17) is 14.2 Å². The third-order valence-corrected chi connectivity index (χ3v) is 10.0. The molecule has 1 atom stereocenters. The Labute approximate surface area is 351 Å². The SMILES string of the molecule is CC/C=C\C/C=C\C/C=C\C/C=C\CCCCC(=O)OC[C@H](COC(=O)CCCCCCC/C=C\CCCCCC)OC(=O)CCCCCCCCCCCCC. The van der Waals surface area contributed by atoms with E-state index in [1.54, 1.807) is 0 Å². The van der Waals surface area contributed by atoms with Gasteiger partial charge in [0, 0.05) is 19.3 Å². The Hall–Kier alpha value is -2.89. The summed E-state index contributed by atoms with van der Waals surface area (Å²) in [7, 11) is 0. The molecule has 0 aromatic rings. The summed E-state index contributed by atoms with van der Waals surface area (Å²) in [6.45, 7) is 6.45. The van der Waals surface area contributed by atoms with E-state index < -0.39 is 6.10 Å². The highest BCUT2D eigenvalue weighted by atomic mass is 16.6. The van der Waals surface area contributed by atoms with Gasteiger partial charge in [0.25, 0.3) is 0 Å². The molecule has 0 saturated carbocycles. The monoisotopic (exact) mass is 797 g/mol. The van der Waals surface area contributed by atoms with Gasteiger partial charge in [-0.2, -0.15) is 0 Å². The standard InChI is InChI=1S/C51H88O6/c1-4-7-10-13-16-19-22-24-25-27-30-32-35-38-41-44-50(53)56-47-48(57-51(54)45-42-39-36-33-28-21-18-15-12-9-6-3)46-55-49(52)43-40-37-34-31-29-26-23-20-17-14-11-8-5-2/h7,10,16,19-20,23-25,30,32,48H,4-6,8-9,11-15,17-18,21-22,26-29,31,33-47H2,1-3H3/b10-7-,19-16-,23-20-,25-24-,32-30-/t48-/m0/s1. The maximum absolute atomic E-state index is 12.7. The number of allylic oxidation sites excluding steroid dienone is 10. The fraction of sp³-hybridized carbons (Fsp3) is 0.745. The van der Waals surface area contributed by atoms with Gasteiger partial charge < -0.3 is 14.2 Å². The minimum Gasteiger partial charge on any atom is -0.462 e. The highest BCUT2D eigenvalue weighted by Gasteiger charge is 2.19. The molecule has 0 aliphatic heterocycles. The minimum atomic E-state index is -0.790. The molecule has 0 aromatic carbocycles. The van der Waals surface area contributed by atoms with Crippen LogP contribution in [0.3, 0.4) is 0 Å². The average Bonchev–Trinajstić information content (AvgIpc) is 3.21. The van der Waals surface area contributed by atoms with E-state index in [9.17, 15) is 14.4 Å². The third-order valence-electron chi connectivity index (χ3n) is 10.0. The predicted octanol–water partition coefficient (Wildman–Crippen LogP) is 15.3. The van der Waals surface area contributed by atoms with Gasteiger partial charge >= 0.3 is 17.9 Å². The summed E-state index contributed by atoms with van der Waals surface area (Å²) >= 11 is 0. The molecule has 6 heteroatoms. The molecule has 0 radical (unpaired) electrons. The maximum Gasteiger partial charge on any atom is 0.306 e. The van der Waals surface area contributed by atoms with E-state index in [0.717, 1.165) is 89.9 Å². The van der Waals surface area contributed by atoms with Crippen molar-refractivity contribution in [2.45, 2.75) is 232 Å². The van der Waals surface area contributed by atoms with Crippen molar-refractivity contribution >= 4 is 17.9 Å². The number of unbranched alkanes of at least 4 members (excludes halogenated alkanes) is 21. The predicted molar refractivity (Wildman–Crippen MR) is 242 cm³/mol. The molecular formula is C51H88O6. The first-order valence-corrected chi connectivity index (χ1v) is 23.8. The molecule has 0 spiro atoms. The van der Waals surface area contributed by atoms with Crippen molar-refractivity contribution < 1.29 is 28.6 Å². The van der Waals surface area contributed by atoms with Crippen LogP contribution in [-0.4, -0.2) is 37.2 Å². The lowest BCUT2D eigenvalue weighted by Gasteiger charge is -2.18. The van der Waals surface area contributed by atoms with E-state index in [1.807, 2.05) is 0 Å². The van der Waals surface area contributed by atoms with Crippen LogP contribution in [0.5, 0.6) is 0 Å². The van der Waals surface area contributed by atoms with E-state index in [1.165, 1.54) is 96.3 Å². The fourth-order valence-corrected chi connectivity index (χ4v) is 6.43. The number of hydrogen-bond acceptors (Lipinski definition) is 6. The Kier molecular flexibility index (Phi) is 43.5. The molecule has 57 heavy (non-hydrogen) atoms. The molecule has 0 heterocycles. The topological polar surface area (TPSA) is 78.9 Å². The summed E-state index contributed by atoms with van der Waals surface area (Å²) in [6, 6.07) is 0. The van der Waals surface area contributed by atoms with Gasteiger partial charge in [0.1, 0.15) is 13.2 Å². The van der Waals surface area contributed by atoms with Crippen LogP contribution in [0.25, 0.3) is 0 Å². The second-order valence-corrected chi connectivity index (χ2v) is 15.6. The summed E-state index contributed by atoms with van der Waals surface area (Å²) < 4.78 is 16.7. The largest absolute Gasteiger partial charge is 0.462 e. The molecule has 0 amide bonds. The Morgan fingerprint density at radius 3 is 1.14 bits per heavy atom. The Bertz CT molecular complexity index is 1050. The third kappa shape index (κ3) is 44.1. The quantitative estimate of drug-likeness (QED) is 0.0265. The van der Waals surface area contributed by atoms with Crippen LogP contribution in [0, 0.1) is 0 Å². The van der Waals surface area contributed by atoms with Crippen molar-refractivity contribution in [3.63, 3.8) is 0 Å². The first-order valence-electron chi connectivity index (χ1n) is 23.8. The van der Waals surface area contributed by atoms with Crippen LogP contribution < -0.4 is 0 Å². The van der Waals surface area contributed by atoms with Crippen LogP contribution in [0.4, 0.5) is 0 Å². The molecule has 0 fully saturated rings. The second kappa shape index (κ2) is 45.8. The zero-order chi connectivity index (χ0) is 41.5. The van der Waals surface area contributed by atoms with Gasteiger partial charge in [0.05, 0.1) is 0 Å². The number of hydrogen-bond donors (Lipinski definition) is 0. The lowest BCUT2D eigenvalue weighted by atomic mass is 10.1. The Morgan fingerprint density at radius 2 is 0.684 bits per heavy atom. The molecule has 0 unspecified atom stereocenters. The van der Waals surface area contributed by atoms with E-state index >= 15 is 0 Å². The summed E-state index contributed by atoms with van der Waals surface area (Å²) in [5.74, 6) is -0.942. The van der Waals surface area contributed by atoms with Gasteiger partial charge in [-0.15, -0.1) is 0 Å². The normalized spacial score (nSPS) is 12.5. The van der Waals surface area contributed by atoms with Crippen molar-refractivity contribution in [3.8, 4) is 0 Å². The number of ether oxygens (including phenoxy) is 3. The van der Waals surface area contributed by atoms with E-state index in [-0.39, 0.29) is 31.1 Å². The minimum absolute atomic E-state index is 0.0906. The first kappa shape index (κ1) is 54.1. The van der Waals surface area contributed by atoms with Crippen molar-refractivity contribution in [2.24, 2.45) is 0 Å². The van der Waals surface area contributed by atoms with Crippen molar-refractivity contribution in [1.82, 2.24) is 0 Å². The van der Waals surface area contributed by atoms with Crippen LogP contribution in [-0.2, 0) is 28.6 Å². The van der Waals surface area contributed by atoms with Crippen molar-refractivity contribution in [2.75, 3.05) is 13.2 Å². The summed E-state index contributed by atoms with van der Waals surface area (Å²) in [5.41, 5.74) is 0. The maximum atomic E-state index is 12.7. The lowest BCUT2D eigenvalue weighted by Crippen LogP contribution is -2.30. The molecule has 328 valence electrons. The fourth-order valence-electron chi connectivity index (χ4n) is 6.43. The van der Waals surface area contributed by atoms with Crippen molar-refractivity contribution in [3.05, 3.63) is 60.8 Å². The first-order chi connectivity index (χ1) is 28.0. The van der Waals surface area contributed by atoms with Crippen LogP contribution in [0.1, 0.15) is 226 Å². The highest BCUT2D eigenvalue weighted by Crippen LogP contribution is 2.14. The Balaban J connectivity index is 4.44. The van der Waals surface area contributed by atoms with Crippen molar-refractivity contribution in [1.29, 1.82) is 0 Å². The van der Waals surface area contributed by atoms with E-state index in [0.29, 0.717) is 19.3 Å². The average molecular weight is 797 g/mol. The number of esters is 3. The summed E-state index contributed by atoms with van der Waals surface area (Å²) in [6.07, 6.45) is 54.9. The van der Waals surface area contributed by atoms with Gasteiger partial charge in [-0.25, -0.2) is 0 Å². The molecule has 0 aromatic heterocycles. The number of carbonyl (C=O) groups is 3. The Morgan fingerprint density at radius 1 is 0.368 bits per heavy atom. The number of rotatable bonds is 42. The van der Waals surface area contributed by atoms with Crippen LogP contribution >= 0.6 is 0 Å². The zero-order valence-electron chi connectivity index (χ0n) is 37.3. The van der Waals surface area contributed by atoms with E-state index in [2.05, 4.69) is 81.5 Å². The van der Waals surface area contributed by atoms with Crippen LogP contribution in [0.15, 0.2) is 60.8 Å². The van der Waals surface area contributed by atoms with Gasteiger partial charge in [-0.05, 0) is 83.5 Å². The molecule has 6 nitrogen and oxygen atoms in total. The smallest absolute Gasteiger partial charge is 0.306 e. The van der Waals surface area contributed by atoms with Gasteiger partial charge in [0.15, 0.2) is 6.10 Å². The molecule has 0 rings (SSSR count). The summed E-state index contributed by atoms with van der Waals surface area (Å²) in [4.78, 5) is 37.8. The highest BCUT2D eigenvalue weighted by molar-refractivity contribution is 5.71. The second-order valence-electron chi connectivity index (χ2n) is 15.6. The van der Waals surface area contributed by atoms with Gasteiger partial charge in [-0.3, -0.25) is 14.4 Å². The lowest BCUT2D eigenvalue weighted by molar-refractivity contribution is -0.167.